The van der Waals surface area contributed by atoms with Gasteiger partial charge < -0.3 is 9.72 Å². The Morgan fingerprint density at radius 2 is 2.22 bits per heavy atom. The largest absolute Gasteiger partial charge is 0.311 e. The fourth-order valence-electron chi connectivity index (χ4n) is 2.43. The van der Waals surface area contributed by atoms with Crippen LogP contribution in [0.4, 0.5) is 0 Å². The van der Waals surface area contributed by atoms with E-state index in [2.05, 4.69) is 32.7 Å². The summed E-state index contributed by atoms with van der Waals surface area (Å²) in [6, 6.07) is 6.10. The number of nitrogens with zero attached hydrogens (tertiary/aromatic N) is 2. The third kappa shape index (κ3) is 2.87. The Morgan fingerprint density at radius 1 is 1.33 bits per heavy atom. The van der Waals surface area contributed by atoms with Gasteiger partial charge >= 0.3 is 0 Å². The highest BCUT2D eigenvalue weighted by atomic mass is 32.2. The molecular weight excluding hydrogens is 242 g/mol. The molecular formula is C14H19N3S. The second-order valence-corrected chi connectivity index (χ2v) is 6.11. The van der Waals surface area contributed by atoms with Crippen LogP contribution in [0.2, 0.25) is 0 Å². The molecule has 0 unspecified atom stereocenters. The van der Waals surface area contributed by atoms with Crippen molar-refractivity contribution < 1.29 is 0 Å². The molecule has 3 rings (SSSR count). The Morgan fingerprint density at radius 3 is 3.06 bits per heavy atom. The van der Waals surface area contributed by atoms with Crippen LogP contribution in [0.15, 0.2) is 30.6 Å². The average Bonchev–Trinajstić information content (AvgIpc) is 2.82. The third-order valence-electron chi connectivity index (χ3n) is 3.49. The van der Waals surface area contributed by atoms with Gasteiger partial charge in [0.25, 0.3) is 0 Å². The fraction of sp³-hybridized carbons (Fsp3) is 0.500. The molecule has 0 aliphatic carbocycles. The normalized spacial score (nSPS) is 17.3. The Labute approximate surface area is 112 Å². The van der Waals surface area contributed by atoms with Gasteiger partial charge in [-0.25, -0.2) is 4.98 Å². The molecule has 0 atom stereocenters. The summed E-state index contributed by atoms with van der Waals surface area (Å²) in [5.41, 5.74) is 2.16. The maximum absolute atomic E-state index is 4.59. The zero-order chi connectivity index (χ0) is 12.2. The van der Waals surface area contributed by atoms with Gasteiger partial charge in [0.2, 0.25) is 0 Å². The first-order chi connectivity index (χ1) is 8.92. The molecule has 1 saturated heterocycles. The van der Waals surface area contributed by atoms with E-state index in [4.69, 9.17) is 0 Å². The highest BCUT2D eigenvalue weighted by Gasteiger charge is 2.13. The first-order valence-electron chi connectivity index (χ1n) is 6.63. The summed E-state index contributed by atoms with van der Waals surface area (Å²) in [5.74, 6) is 3.53. The van der Waals surface area contributed by atoms with Crippen molar-refractivity contribution in [1.82, 2.24) is 14.7 Å². The lowest BCUT2D eigenvalue weighted by Gasteiger charge is -2.21. The van der Waals surface area contributed by atoms with E-state index >= 15 is 0 Å². The SMILES string of the molecule is c1ccn2cc(CNCC3CCSCC3)nc2c1. The molecule has 0 saturated carbocycles. The van der Waals surface area contributed by atoms with Crippen molar-refractivity contribution >= 4 is 17.4 Å². The summed E-state index contributed by atoms with van der Waals surface area (Å²) in [7, 11) is 0. The van der Waals surface area contributed by atoms with Crippen LogP contribution in [0, 0.1) is 5.92 Å². The summed E-state index contributed by atoms with van der Waals surface area (Å²) < 4.78 is 2.08. The van der Waals surface area contributed by atoms with E-state index in [0.29, 0.717) is 0 Å². The summed E-state index contributed by atoms with van der Waals surface area (Å²) >= 11 is 2.09. The second kappa shape index (κ2) is 5.76. The van der Waals surface area contributed by atoms with Crippen LogP contribution in [0.5, 0.6) is 0 Å². The van der Waals surface area contributed by atoms with Gasteiger partial charge in [-0.3, -0.25) is 0 Å². The minimum Gasteiger partial charge on any atom is -0.311 e. The quantitative estimate of drug-likeness (QED) is 0.917. The number of fused-ring (bicyclic) bond motifs is 1. The van der Waals surface area contributed by atoms with Crippen molar-refractivity contribution in [2.24, 2.45) is 5.92 Å². The van der Waals surface area contributed by atoms with Crippen molar-refractivity contribution in [3.05, 3.63) is 36.3 Å². The number of imidazole rings is 1. The van der Waals surface area contributed by atoms with E-state index < -0.39 is 0 Å². The Balaban J connectivity index is 1.53. The van der Waals surface area contributed by atoms with Crippen molar-refractivity contribution in [1.29, 1.82) is 0 Å². The topological polar surface area (TPSA) is 29.3 Å². The summed E-state index contributed by atoms with van der Waals surface area (Å²) in [4.78, 5) is 4.59. The molecule has 0 aromatic carbocycles. The average molecular weight is 261 g/mol. The van der Waals surface area contributed by atoms with Crippen LogP contribution >= 0.6 is 11.8 Å². The number of hydrogen-bond donors (Lipinski definition) is 1. The molecule has 1 aliphatic rings. The van der Waals surface area contributed by atoms with Gasteiger partial charge in [0.1, 0.15) is 5.65 Å². The first-order valence-corrected chi connectivity index (χ1v) is 7.78. The van der Waals surface area contributed by atoms with Gasteiger partial charge in [0.05, 0.1) is 5.69 Å². The number of thioether (sulfide) groups is 1. The summed E-state index contributed by atoms with van der Waals surface area (Å²) in [5, 5.41) is 3.55. The minimum absolute atomic E-state index is 0.864. The van der Waals surface area contributed by atoms with Crippen LogP contribution in [0.1, 0.15) is 18.5 Å². The number of aromatic nitrogens is 2. The maximum atomic E-state index is 4.59. The summed E-state index contributed by atoms with van der Waals surface area (Å²) in [6.45, 7) is 2.01. The second-order valence-electron chi connectivity index (χ2n) is 4.88. The Bertz CT molecular complexity index is 469. The molecule has 18 heavy (non-hydrogen) atoms. The van der Waals surface area contributed by atoms with Gasteiger partial charge in [-0.2, -0.15) is 11.8 Å². The van der Waals surface area contributed by atoms with Crippen LogP contribution in [0.25, 0.3) is 5.65 Å². The van der Waals surface area contributed by atoms with Crippen LogP contribution in [-0.4, -0.2) is 27.4 Å². The Hall–Kier alpha value is -1.00. The van der Waals surface area contributed by atoms with E-state index in [-0.39, 0.29) is 0 Å². The van der Waals surface area contributed by atoms with E-state index in [1.165, 1.54) is 24.3 Å². The van der Waals surface area contributed by atoms with E-state index in [9.17, 15) is 0 Å². The highest BCUT2D eigenvalue weighted by Crippen LogP contribution is 2.21. The predicted octanol–water partition coefficient (Wildman–Crippen LogP) is 2.57. The lowest BCUT2D eigenvalue weighted by atomic mass is 10.0. The van der Waals surface area contributed by atoms with Gasteiger partial charge in [-0.05, 0) is 48.9 Å². The molecule has 96 valence electrons. The van der Waals surface area contributed by atoms with Gasteiger partial charge in [0, 0.05) is 18.9 Å². The monoisotopic (exact) mass is 261 g/mol. The van der Waals surface area contributed by atoms with Crippen molar-refractivity contribution in [2.75, 3.05) is 18.1 Å². The number of rotatable bonds is 4. The molecule has 0 radical (unpaired) electrons. The van der Waals surface area contributed by atoms with Crippen LogP contribution in [0.3, 0.4) is 0 Å². The van der Waals surface area contributed by atoms with Crippen molar-refractivity contribution in [3.63, 3.8) is 0 Å². The van der Waals surface area contributed by atoms with Crippen molar-refractivity contribution in [3.8, 4) is 0 Å². The smallest absolute Gasteiger partial charge is 0.137 e. The van der Waals surface area contributed by atoms with Crippen molar-refractivity contribution in [2.45, 2.75) is 19.4 Å². The van der Waals surface area contributed by atoms with E-state index in [1.54, 1.807) is 0 Å². The summed E-state index contributed by atoms with van der Waals surface area (Å²) in [6.07, 6.45) is 6.88. The Kier molecular flexibility index (Phi) is 3.86. The standard InChI is InChI=1S/C14H19N3S/c1-2-6-17-11-13(16-14(17)3-1)10-15-9-12-4-7-18-8-5-12/h1-3,6,11-12,15H,4-5,7-10H2. The predicted molar refractivity (Wildman–Crippen MR) is 76.9 cm³/mol. The molecule has 3 heterocycles. The molecule has 1 aliphatic heterocycles. The van der Waals surface area contributed by atoms with Crippen LogP contribution in [-0.2, 0) is 6.54 Å². The van der Waals surface area contributed by atoms with E-state index in [0.717, 1.165) is 30.3 Å². The highest BCUT2D eigenvalue weighted by molar-refractivity contribution is 7.99. The van der Waals surface area contributed by atoms with E-state index in [1.807, 2.05) is 24.4 Å². The number of hydrogen-bond acceptors (Lipinski definition) is 3. The zero-order valence-corrected chi connectivity index (χ0v) is 11.3. The molecule has 2 aromatic heterocycles. The number of pyridine rings is 1. The molecule has 0 spiro atoms. The maximum Gasteiger partial charge on any atom is 0.137 e. The molecule has 1 N–H and O–H groups in total. The first kappa shape index (κ1) is 12.1. The molecule has 3 nitrogen and oxygen atoms in total. The van der Waals surface area contributed by atoms with Crippen LogP contribution < -0.4 is 5.32 Å². The van der Waals surface area contributed by atoms with Gasteiger partial charge in [-0.1, -0.05) is 6.07 Å². The lowest BCUT2D eigenvalue weighted by Crippen LogP contribution is -2.25. The minimum atomic E-state index is 0.864. The number of nitrogens with one attached hydrogen (secondary N) is 1. The zero-order valence-electron chi connectivity index (χ0n) is 10.5. The molecule has 0 amide bonds. The van der Waals surface area contributed by atoms with Gasteiger partial charge in [0.15, 0.2) is 0 Å². The molecule has 1 fully saturated rings. The lowest BCUT2D eigenvalue weighted by molar-refractivity contribution is 0.446. The molecule has 2 aromatic rings. The third-order valence-corrected chi connectivity index (χ3v) is 4.54. The van der Waals surface area contributed by atoms with Gasteiger partial charge in [-0.15, -0.1) is 0 Å². The molecule has 4 heteroatoms. The molecule has 0 bridgehead atoms. The fourth-order valence-corrected chi connectivity index (χ4v) is 3.63.